The van der Waals surface area contributed by atoms with Gasteiger partial charge in [-0.3, -0.25) is 9.80 Å². The summed E-state index contributed by atoms with van der Waals surface area (Å²) in [4.78, 5) is 15.1. The summed E-state index contributed by atoms with van der Waals surface area (Å²) < 4.78 is 40.3. The van der Waals surface area contributed by atoms with Crippen LogP contribution in [-0.2, 0) is 4.79 Å². The van der Waals surface area contributed by atoms with E-state index in [0.29, 0.717) is 11.6 Å². The molecule has 1 amide bonds. The SMILES string of the molecule is O=C(C1CC(C(F)(F)F)=NN1c1ccccc1Cl)N1CCCC1c1cccc(Cl)c1. The Hall–Kier alpha value is -2.25. The average molecular weight is 456 g/mol. The molecule has 1 fully saturated rings. The quantitative estimate of drug-likeness (QED) is 0.581. The molecule has 158 valence electrons. The van der Waals surface area contributed by atoms with E-state index in [0.717, 1.165) is 23.4 Å². The Kier molecular flexibility index (Phi) is 5.68. The molecule has 2 aliphatic rings. The molecule has 0 saturated carbocycles. The van der Waals surface area contributed by atoms with Crippen LogP contribution in [0.25, 0.3) is 0 Å². The molecule has 4 nitrogen and oxygen atoms in total. The molecule has 2 aromatic rings. The van der Waals surface area contributed by atoms with Crippen molar-refractivity contribution in [2.24, 2.45) is 5.10 Å². The van der Waals surface area contributed by atoms with Crippen molar-refractivity contribution >= 4 is 40.5 Å². The highest BCUT2D eigenvalue weighted by Crippen LogP contribution is 2.39. The molecular weight excluding hydrogens is 438 g/mol. The van der Waals surface area contributed by atoms with Crippen LogP contribution in [0.1, 0.15) is 30.9 Å². The van der Waals surface area contributed by atoms with E-state index in [-0.39, 0.29) is 16.8 Å². The van der Waals surface area contributed by atoms with Crippen LogP contribution in [0.2, 0.25) is 10.0 Å². The van der Waals surface area contributed by atoms with Gasteiger partial charge in [-0.1, -0.05) is 47.5 Å². The third-order valence-electron chi connectivity index (χ3n) is 5.39. The fourth-order valence-electron chi connectivity index (χ4n) is 4.02. The number of carbonyl (C=O) groups excluding carboxylic acids is 1. The van der Waals surface area contributed by atoms with Gasteiger partial charge in [-0.15, -0.1) is 0 Å². The number of rotatable bonds is 3. The third-order valence-corrected chi connectivity index (χ3v) is 5.95. The van der Waals surface area contributed by atoms with Crippen molar-refractivity contribution < 1.29 is 18.0 Å². The minimum absolute atomic E-state index is 0.232. The normalized spacial score (nSPS) is 21.8. The summed E-state index contributed by atoms with van der Waals surface area (Å²) in [6.45, 7) is 0.463. The summed E-state index contributed by atoms with van der Waals surface area (Å²) in [6, 6.07) is 12.3. The fraction of sp³-hybridized carbons (Fsp3) is 0.333. The van der Waals surface area contributed by atoms with Gasteiger partial charge in [0.2, 0.25) is 5.91 Å². The summed E-state index contributed by atoms with van der Waals surface area (Å²) in [5.41, 5.74) is 0.155. The molecule has 2 aromatic carbocycles. The lowest BCUT2D eigenvalue weighted by Crippen LogP contribution is -2.45. The van der Waals surface area contributed by atoms with Gasteiger partial charge in [0, 0.05) is 18.0 Å². The minimum Gasteiger partial charge on any atom is -0.334 e. The summed E-state index contributed by atoms with van der Waals surface area (Å²) in [5, 5.41) is 5.64. The molecule has 0 aliphatic carbocycles. The number of nitrogens with zero attached hydrogens (tertiary/aromatic N) is 3. The fourth-order valence-corrected chi connectivity index (χ4v) is 4.44. The van der Waals surface area contributed by atoms with Gasteiger partial charge in [-0.25, -0.2) is 0 Å². The molecule has 9 heteroatoms. The van der Waals surface area contributed by atoms with Crippen LogP contribution >= 0.6 is 23.2 Å². The molecule has 0 bridgehead atoms. The molecular formula is C21H18Cl2F3N3O. The van der Waals surface area contributed by atoms with Crippen LogP contribution in [-0.4, -0.2) is 35.3 Å². The van der Waals surface area contributed by atoms with Crippen molar-refractivity contribution in [2.75, 3.05) is 11.6 Å². The van der Waals surface area contributed by atoms with Crippen LogP contribution in [0.3, 0.4) is 0 Å². The molecule has 4 rings (SSSR count). The van der Waals surface area contributed by atoms with Gasteiger partial charge in [-0.05, 0) is 42.7 Å². The van der Waals surface area contributed by atoms with Crippen LogP contribution in [0.15, 0.2) is 53.6 Å². The lowest BCUT2D eigenvalue weighted by atomic mass is 10.0. The number of amides is 1. The first-order chi connectivity index (χ1) is 14.3. The number of carbonyl (C=O) groups is 1. The average Bonchev–Trinajstić information content (AvgIpc) is 3.35. The number of hydrogen-bond donors (Lipinski definition) is 0. The standard InChI is InChI=1S/C21H18Cl2F3N3O/c22-14-6-3-5-13(11-14)16-9-4-10-28(16)20(30)18-12-19(21(24,25)26)27-29(18)17-8-2-1-7-15(17)23/h1-3,5-8,11,16,18H,4,9-10,12H2. The highest BCUT2D eigenvalue weighted by atomic mass is 35.5. The Balaban J connectivity index is 1.67. The zero-order valence-electron chi connectivity index (χ0n) is 15.7. The van der Waals surface area contributed by atoms with E-state index in [1.165, 1.54) is 0 Å². The first-order valence-electron chi connectivity index (χ1n) is 9.50. The van der Waals surface area contributed by atoms with Gasteiger partial charge in [-0.2, -0.15) is 18.3 Å². The van der Waals surface area contributed by atoms with Crippen molar-refractivity contribution in [2.45, 2.75) is 37.5 Å². The smallest absolute Gasteiger partial charge is 0.334 e. The van der Waals surface area contributed by atoms with Crippen molar-refractivity contribution in [3.8, 4) is 0 Å². The second-order valence-electron chi connectivity index (χ2n) is 7.31. The zero-order chi connectivity index (χ0) is 21.5. The van der Waals surface area contributed by atoms with Gasteiger partial charge in [0.05, 0.1) is 16.8 Å². The second-order valence-corrected chi connectivity index (χ2v) is 8.15. The van der Waals surface area contributed by atoms with E-state index in [1.807, 2.05) is 6.07 Å². The maximum Gasteiger partial charge on any atom is 0.431 e. The number of halogens is 5. The largest absolute Gasteiger partial charge is 0.431 e. The van der Waals surface area contributed by atoms with Crippen LogP contribution < -0.4 is 5.01 Å². The molecule has 2 aliphatic heterocycles. The number of hydrazone groups is 1. The molecule has 1 saturated heterocycles. The van der Waals surface area contributed by atoms with Gasteiger partial charge in [0.1, 0.15) is 11.8 Å². The Labute approximate surface area is 181 Å². The number of alkyl halides is 3. The third kappa shape index (κ3) is 4.01. The van der Waals surface area contributed by atoms with Crippen molar-refractivity contribution in [3.05, 3.63) is 64.1 Å². The number of likely N-dealkylation sites (tertiary alicyclic amines) is 1. The maximum atomic E-state index is 13.5. The zero-order valence-corrected chi connectivity index (χ0v) is 17.3. The van der Waals surface area contributed by atoms with E-state index in [4.69, 9.17) is 23.2 Å². The Morgan fingerprint density at radius 1 is 1.10 bits per heavy atom. The summed E-state index contributed by atoms with van der Waals surface area (Å²) in [5.74, 6) is -0.402. The minimum atomic E-state index is -4.62. The molecule has 0 N–H and O–H groups in total. The van der Waals surface area contributed by atoms with Gasteiger partial charge >= 0.3 is 6.18 Å². The van der Waals surface area contributed by atoms with Crippen molar-refractivity contribution in [1.82, 2.24) is 4.90 Å². The maximum absolute atomic E-state index is 13.5. The molecule has 2 heterocycles. The van der Waals surface area contributed by atoms with E-state index >= 15 is 0 Å². The Morgan fingerprint density at radius 3 is 2.57 bits per heavy atom. The van der Waals surface area contributed by atoms with Crippen LogP contribution in [0.5, 0.6) is 0 Å². The van der Waals surface area contributed by atoms with Gasteiger partial charge in [0.15, 0.2) is 0 Å². The molecule has 30 heavy (non-hydrogen) atoms. The van der Waals surface area contributed by atoms with Crippen molar-refractivity contribution in [1.29, 1.82) is 0 Å². The molecule has 0 aromatic heterocycles. The van der Waals surface area contributed by atoms with Crippen LogP contribution in [0.4, 0.5) is 18.9 Å². The van der Waals surface area contributed by atoms with E-state index in [9.17, 15) is 18.0 Å². The lowest BCUT2D eigenvalue weighted by molar-refractivity contribution is -0.133. The first kappa shape index (κ1) is 21.0. The number of benzene rings is 2. The summed E-state index contributed by atoms with van der Waals surface area (Å²) >= 11 is 12.3. The summed E-state index contributed by atoms with van der Waals surface area (Å²) in [7, 11) is 0. The summed E-state index contributed by atoms with van der Waals surface area (Å²) in [6.07, 6.45) is -3.66. The van der Waals surface area contributed by atoms with Gasteiger partial charge < -0.3 is 4.90 Å². The second kappa shape index (κ2) is 8.12. The highest BCUT2D eigenvalue weighted by molar-refractivity contribution is 6.33. The topological polar surface area (TPSA) is 35.9 Å². The molecule has 0 radical (unpaired) electrons. The number of hydrogen-bond acceptors (Lipinski definition) is 3. The molecule has 2 atom stereocenters. The monoisotopic (exact) mass is 455 g/mol. The van der Waals surface area contributed by atoms with E-state index < -0.39 is 30.3 Å². The van der Waals surface area contributed by atoms with E-state index in [2.05, 4.69) is 5.10 Å². The van der Waals surface area contributed by atoms with E-state index in [1.54, 1.807) is 47.4 Å². The lowest BCUT2D eigenvalue weighted by Gasteiger charge is -2.31. The Bertz CT molecular complexity index is 995. The van der Waals surface area contributed by atoms with Crippen LogP contribution in [0, 0.1) is 0 Å². The predicted octanol–water partition coefficient (Wildman–Crippen LogP) is 5.85. The van der Waals surface area contributed by atoms with Crippen molar-refractivity contribution in [3.63, 3.8) is 0 Å². The Morgan fingerprint density at radius 2 is 1.87 bits per heavy atom. The van der Waals surface area contributed by atoms with Gasteiger partial charge in [0.25, 0.3) is 0 Å². The predicted molar refractivity (Wildman–Crippen MR) is 111 cm³/mol. The first-order valence-corrected chi connectivity index (χ1v) is 10.3. The molecule has 0 spiro atoms. The number of anilines is 1. The number of para-hydroxylation sites is 1. The molecule has 2 unspecified atom stereocenters. The highest BCUT2D eigenvalue weighted by Gasteiger charge is 2.48.